The smallest absolute Gasteiger partial charge is 0.471 e. The number of halogens is 3. The van der Waals surface area contributed by atoms with Crippen molar-refractivity contribution in [1.82, 2.24) is 5.32 Å². The van der Waals surface area contributed by atoms with Crippen LogP contribution < -0.4 is 24.8 Å². The van der Waals surface area contributed by atoms with Crippen LogP contribution in [0.5, 0.6) is 17.2 Å². The summed E-state index contributed by atoms with van der Waals surface area (Å²) >= 11 is 0. The second kappa shape index (κ2) is 13.6. The number of hydrogen-bond donors (Lipinski definition) is 2. The first-order valence-electron chi connectivity index (χ1n) is 12.9. The van der Waals surface area contributed by atoms with Crippen LogP contribution in [0.15, 0.2) is 103 Å². The molecule has 0 aliphatic rings. The fourth-order valence-corrected chi connectivity index (χ4v) is 4.40. The number of hydrogen-bond acceptors (Lipinski definition) is 5. The van der Waals surface area contributed by atoms with E-state index < -0.39 is 24.2 Å². The van der Waals surface area contributed by atoms with Gasteiger partial charge >= 0.3 is 12.1 Å². The molecule has 0 saturated heterocycles. The van der Waals surface area contributed by atoms with Gasteiger partial charge in [-0.15, -0.1) is 0 Å². The minimum absolute atomic E-state index is 0.0657. The molecular weight excluding hydrogens is 533 g/mol. The van der Waals surface area contributed by atoms with Gasteiger partial charge in [-0.1, -0.05) is 66.7 Å². The van der Waals surface area contributed by atoms with Crippen LogP contribution in [-0.4, -0.2) is 32.3 Å². The van der Waals surface area contributed by atoms with E-state index in [-0.39, 0.29) is 13.0 Å². The molecular formula is C32H31F3N2O4. The molecule has 41 heavy (non-hydrogen) atoms. The lowest BCUT2D eigenvalue weighted by Crippen LogP contribution is -2.48. The molecule has 0 spiro atoms. The molecule has 0 aromatic heterocycles. The average Bonchev–Trinajstić information content (AvgIpc) is 2.99. The van der Waals surface area contributed by atoms with Gasteiger partial charge in [0.1, 0.15) is 12.4 Å². The first-order chi connectivity index (χ1) is 19.8. The topological polar surface area (TPSA) is 68.8 Å². The largest absolute Gasteiger partial charge is 0.497 e. The summed E-state index contributed by atoms with van der Waals surface area (Å²) in [4.78, 5) is 12.2. The molecule has 9 heteroatoms. The molecule has 4 aromatic rings. The van der Waals surface area contributed by atoms with Gasteiger partial charge in [0, 0.05) is 5.69 Å². The molecule has 0 saturated carbocycles. The Balaban J connectivity index is 1.67. The summed E-state index contributed by atoms with van der Waals surface area (Å²) < 4.78 is 57.1. The standard InChI is InChI=1S/C32H31F3N2O4/c1-39-26-16-14-25(15-17-26)36-30(24-11-7-4-8-12-24)27(37-31(38)32(33,34)35)19-23-13-18-28(40-2)29(20-23)41-21-22-9-5-3-6-10-22/h3-18,20,27,30,36H,19,21H2,1-2H3,(H,37,38)/t27-,30+/m0/s1. The van der Waals surface area contributed by atoms with Crippen molar-refractivity contribution in [1.29, 1.82) is 0 Å². The van der Waals surface area contributed by atoms with E-state index in [0.717, 1.165) is 5.56 Å². The van der Waals surface area contributed by atoms with Crippen LogP contribution in [0, 0.1) is 0 Å². The normalized spacial score (nSPS) is 12.6. The van der Waals surface area contributed by atoms with Gasteiger partial charge in [0.2, 0.25) is 0 Å². The molecule has 1 amide bonds. The van der Waals surface area contributed by atoms with Crippen molar-refractivity contribution in [3.63, 3.8) is 0 Å². The Morgan fingerprint density at radius 1 is 0.780 bits per heavy atom. The number of methoxy groups -OCH3 is 2. The van der Waals surface area contributed by atoms with Crippen molar-refractivity contribution in [2.45, 2.75) is 31.3 Å². The fraction of sp³-hybridized carbons (Fsp3) is 0.219. The summed E-state index contributed by atoms with van der Waals surface area (Å²) in [5.74, 6) is -0.463. The summed E-state index contributed by atoms with van der Waals surface area (Å²) in [7, 11) is 3.06. The Morgan fingerprint density at radius 2 is 1.44 bits per heavy atom. The molecule has 2 N–H and O–H groups in total. The highest BCUT2D eigenvalue weighted by Gasteiger charge is 2.41. The zero-order chi connectivity index (χ0) is 29.2. The van der Waals surface area contributed by atoms with E-state index in [2.05, 4.69) is 10.6 Å². The number of carbonyl (C=O) groups is 1. The molecule has 0 fully saturated rings. The minimum Gasteiger partial charge on any atom is -0.497 e. The summed E-state index contributed by atoms with van der Waals surface area (Å²) in [6.07, 6.45) is -4.99. The van der Waals surface area contributed by atoms with E-state index in [1.54, 1.807) is 73.8 Å². The third-order valence-corrected chi connectivity index (χ3v) is 6.47. The highest BCUT2D eigenvalue weighted by atomic mass is 19.4. The molecule has 214 valence electrons. The lowest BCUT2D eigenvalue weighted by molar-refractivity contribution is -0.174. The van der Waals surface area contributed by atoms with Crippen molar-refractivity contribution in [2.24, 2.45) is 0 Å². The van der Waals surface area contributed by atoms with Crippen molar-refractivity contribution in [3.8, 4) is 17.2 Å². The summed E-state index contributed by atoms with van der Waals surface area (Å²) in [5.41, 5.74) is 2.94. The summed E-state index contributed by atoms with van der Waals surface area (Å²) in [6.45, 7) is 0.278. The van der Waals surface area contributed by atoms with Gasteiger partial charge in [-0.2, -0.15) is 13.2 Å². The molecule has 0 bridgehead atoms. The molecule has 2 atom stereocenters. The fourth-order valence-electron chi connectivity index (χ4n) is 4.40. The minimum atomic E-state index is -5.05. The van der Waals surface area contributed by atoms with E-state index in [0.29, 0.717) is 34.1 Å². The van der Waals surface area contributed by atoms with E-state index in [1.165, 1.54) is 7.11 Å². The first kappa shape index (κ1) is 29.3. The Bertz CT molecular complexity index is 1400. The van der Waals surface area contributed by atoms with Crippen LogP contribution in [0.2, 0.25) is 0 Å². The Kier molecular flexibility index (Phi) is 9.73. The predicted octanol–water partition coefficient (Wildman–Crippen LogP) is 6.73. The second-order valence-electron chi connectivity index (χ2n) is 9.30. The molecule has 0 unspecified atom stereocenters. The molecule has 6 nitrogen and oxygen atoms in total. The maximum absolute atomic E-state index is 13.5. The third-order valence-electron chi connectivity index (χ3n) is 6.47. The van der Waals surface area contributed by atoms with Crippen molar-refractivity contribution in [2.75, 3.05) is 19.5 Å². The van der Waals surface area contributed by atoms with Crippen molar-refractivity contribution < 1.29 is 32.2 Å². The highest BCUT2D eigenvalue weighted by Crippen LogP contribution is 2.32. The zero-order valence-corrected chi connectivity index (χ0v) is 22.7. The van der Waals surface area contributed by atoms with E-state index >= 15 is 0 Å². The SMILES string of the molecule is COc1ccc(N[C@H](c2ccccc2)[C@H](Cc2ccc(OC)c(OCc3ccccc3)c2)NC(=O)C(F)(F)F)cc1. The van der Waals surface area contributed by atoms with Crippen LogP contribution in [0.4, 0.5) is 18.9 Å². The number of anilines is 1. The van der Waals surface area contributed by atoms with Crippen LogP contribution in [0.25, 0.3) is 0 Å². The Labute approximate surface area is 237 Å². The summed E-state index contributed by atoms with van der Waals surface area (Å²) in [5, 5.41) is 5.54. The zero-order valence-electron chi connectivity index (χ0n) is 22.7. The first-order valence-corrected chi connectivity index (χ1v) is 12.9. The number of carbonyl (C=O) groups excluding carboxylic acids is 1. The van der Waals surface area contributed by atoms with Gasteiger partial charge < -0.3 is 24.8 Å². The maximum atomic E-state index is 13.5. The van der Waals surface area contributed by atoms with E-state index in [9.17, 15) is 18.0 Å². The van der Waals surface area contributed by atoms with Gasteiger partial charge in [0.15, 0.2) is 11.5 Å². The Hall–Kier alpha value is -4.66. The van der Waals surface area contributed by atoms with Crippen LogP contribution in [0.3, 0.4) is 0 Å². The lowest BCUT2D eigenvalue weighted by atomic mass is 9.93. The predicted molar refractivity (Wildman–Crippen MR) is 151 cm³/mol. The van der Waals surface area contributed by atoms with Gasteiger partial charge in [-0.25, -0.2) is 0 Å². The lowest BCUT2D eigenvalue weighted by Gasteiger charge is -2.31. The summed E-state index contributed by atoms with van der Waals surface area (Å²) in [6, 6.07) is 29.0. The molecule has 4 rings (SSSR count). The van der Waals surface area contributed by atoms with Crippen molar-refractivity contribution >= 4 is 11.6 Å². The number of ether oxygens (including phenoxy) is 3. The number of nitrogens with one attached hydrogen (secondary N) is 2. The van der Waals surface area contributed by atoms with Gasteiger partial charge in [-0.05, 0) is 59.5 Å². The van der Waals surface area contributed by atoms with Gasteiger partial charge in [-0.3, -0.25) is 4.79 Å². The van der Waals surface area contributed by atoms with Crippen LogP contribution in [-0.2, 0) is 17.8 Å². The van der Waals surface area contributed by atoms with Gasteiger partial charge in [0.25, 0.3) is 0 Å². The molecule has 0 radical (unpaired) electrons. The van der Waals surface area contributed by atoms with E-state index in [4.69, 9.17) is 14.2 Å². The maximum Gasteiger partial charge on any atom is 0.471 e. The Morgan fingerprint density at radius 3 is 2.05 bits per heavy atom. The number of amides is 1. The molecule has 0 aliphatic carbocycles. The highest BCUT2D eigenvalue weighted by molar-refractivity contribution is 5.82. The number of alkyl halides is 3. The average molecular weight is 565 g/mol. The molecule has 0 aliphatic heterocycles. The third kappa shape index (κ3) is 8.17. The second-order valence-corrected chi connectivity index (χ2v) is 9.30. The monoisotopic (exact) mass is 564 g/mol. The van der Waals surface area contributed by atoms with Gasteiger partial charge in [0.05, 0.1) is 26.3 Å². The van der Waals surface area contributed by atoms with E-state index in [1.807, 2.05) is 36.4 Å². The molecule has 0 heterocycles. The quantitative estimate of drug-likeness (QED) is 0.200. The molecule has 4 aromatic carbocycles. The number of rotatable bonds is 12. The van der Waals surface area contributed by atoms with Crippen LogP contribution >= 0.6 is 0 Å². The van der Waals surface area contributed by atoms with Crippen LogP contribution in [0.1, 0.15) is 22.7 Å². The van der Waals surface area contributed by atoms with Crippen molar-refractivity contribution in [3.05, 3.63) is 120 Å². The number of benzene rings is 4.